The van der Waals surface area contributed by atoms with Crippen LogP contribution in [0.1, 0.15) is 6.92 Å². The van der Waals surface area contributed by atoms with Crippen molar-refractivity contribution in [2.45, 2.75) is 6.92 Å². The zero-order valence-corrected chi connectivity index (χ0v) is 4.42. The molecule has 0 spiro atoms. The van der Waals surface area contributed by atoms with E-state index in [1.165, 1.54) is 13.0 Å². The monoisotopic (exact) mass is 102 g/mol. The summed E-state index contributed by atoms with van der Waals surface area (Å²) >= 11 is 0. The fraction of sp³-hybridized carbons (Fsp3) is 0.400. The molecule has 0 fully saturated rings. The van der Waals surface area contributed by atoms with Gasteiger partial charge in [-0.3, -0.25) is 0 Å². The molecule has 0 aromatic rings. The van der Waals surface area contributed by atoms with Crippen molar-refractivity contribution in [2.24, 2.45) is 0 Å². The molecule has 0 atom stereocenters. The van der Waals surface area contributed by atoms with Crippen LogP contribution >= 0.6 is 0 Å². The highest BCUT2D eigenvalue weighted by molar-refractivity contribution is 5.44. The van der Waals surface area contributed by atoms with Gasteiger partial charge in [-0.2, -0.15) is 0 Å². The lowest BCUT2D eigenvalue weighted by Gasteiger charge is -1.60. The average molecular weight is 102 g/mol. The first kappa shape index (κ1) is 9.62. The molecule has 2 heteroatoms. The minimum absolute atomic E-state index is 0.0833. The van der Waals surface area contributed by atoms with Crippen molar-refractivity contribution >= 4 is 6.29 Å². The Kier molecular flexibility index (Phi) is 25.1. The maximum Gasteiger partial charge on any atom is 0.116 e. The van der Waals surface area contributed by atoms with Crippen LogP contribution in [-0.2, 0) is 4.79 Å². The molecule has 1 N–H and O–H groups in total. The third kappa shape index (κ3) is 445. The highest BCUT2D eigenvalue weighted by Gasteiger charge is 1.45. The van der Waals surface area contributed by atoms with Crippen molar-refractivity contribution < 1.29 is 9.90 Å². The molecular formula is C5H10O2. The summed E-state index contributed by atoms with van der Waals surface area (Å²) in [6.45, 7) is 4.76. The number of aliphatic hydroxyl groups excluding tert-OH is 1. The van der Waals surface area contributed by atoms with E-state index in [4.69, 9.17) is 9.90 Å². The van der Waals surface area contributed by atoms with Gasteiger partial charge in [0, 0.05) is 0 Å². The van der Waals surface area contributed by atoms with Gasteiger partial charge in [-0.15, -0.1) is 6.58 Å². The summed E-state index contributed by atoms with van der Waals surface area (Å²) in [5.74, 6) is 0. The molecule has 0 aliphatic heterocycles. The summed E-state index contributed by atoms with van der Waals surface area (Å²) in [6, 6.07) is 0. The van der Waals surface area contributed by atoms with Crippen molar-refractivity contribution in [1.82, 2.24) is 0 Å². The van der Waals surface area contributed by atoms with Crippen molar-refractivity contribution in [1.29, 1.82) is 0 Å². The quantitative estimate of drug-likeness (QED) is 0.383. The van der Waals surface area contributed by atoms with E-state index in [2.05, 4.69) is 6.58 Å². The van der Waals surface area contributed by atoms with Gasteiger partial charge in [0.1, 0.15) is 6.29 Å². The normalized spacial score (nSPS) is 5.43. The maximum atomic E-state index is 8.81. The van der Waals surface area contributed by atoms with Gasteiger partial charge in [-0.25, -0.2) is 0 Å². The van der Waals surface area contributed by atoms with Crippen molar-refractivity contribution in [2.75, 3.05) is 6.61 Å². The molecule has 0 saturated carbocycles. The topological polar surface area (TPSA) is 37.3 Å². The molecule has 2 nitrogen and oxygen atoms in total. The van der Waals surface area contributed by atoms with Gasteiger partial charge >= 0.3 is 0 Å². The number of hydrogen-bond donors (Lipinski definition) is 1. The Labute approximate surface area is 43.5 Å². The lowest BCUT2D eigenvalue weighted by Crippen LogP contribution is -1.62. The molecule has 0 radical (unpaired) electrons. The third-order valence-corrected chi connectivity index (χ3v) is 0.129. The largest absolute Gasteiger partial charge is 0.392 e. The molecule has 0 rings (SSSR count). The van der Waals surface area contributed by atoms with Gasteiger partial charge in [0.05, 0.1) is 6.61 Å². The molecule has 0 heterocycles. The van der Waals surface area contributed by atoms with Gasteiger partial charge in [0.2, 0.25) is 0 Å². The van der Waals surface area contributed by atoms with Crippen LogP contribution in [0.4, 0.5) is 0 Å². The Balaban J connectivity index is 0. The molecule has 0 unspecified atom stereocenters. The Morgan fingerprint density at radius 2 is 2.00 bits per heavy atom. The zero-order valence-electron chi connectivity index (χ0n) is 4.42. The van der Waals surface area contributed by atoms with E-state index >= 15 is 0 Å². The van der Waals surface area contributed by atoms with E-state index in [0.717, 1.165) is 6.29 Å². The first-order chi connectivity index (χ1) is 3.33. The minimum Gasteiger partial charge on any atom is -0.392 e. The molecule has 0 aliphatic rings. The number of aliphatic hydroxyl groups is 1. The predicted molar refractivity (Wildman–Crippen MR) is 29.0 cm³/mol. The van der Waals surface area contributed by atoms with Gasteiger partial charge in [-0.1, -0.05) is 6.08 Å². The van der Waals surface area contributed by atoms with Crippen LogP contribution in [0.15, 0.2) is 12.7 Å². The van der Waals surface area contributed by atoms with Crippen molar-refractivity contribution in [3.63, 3.8) is 0 Å². The van der Waals surface area contributed by atoms with Gasteiger partial charge in [-0.05, 0) is 6.92 Å². The van der Waals surface area contributed by atoms with Crippen LogP contribution < -0.4 is 0 Å². The second-order valence-electron chi connectivity index (χ2n) is 0.707. The average Bonchev–Trinajstić information content (AvgIpc) is 1.69. The fourth-order valence-electron chi connectivity index (χ4n) is 0. The highest BCUT2D eigenvalue weighted by atomic mass is 16.2. The van der Waals surface area contributed by atoms with Gasteiger partial charge in [0.25, 0.3) is 0 Å². The lowest BCUT2D eigenvalue weighted by molar-refractivity contribution is -0.106. The van der Waals surface area contributed by atoms with Crippen molar-refractivity contribution in [3.05, 3.63) is 12.7 Å². The SMILES string of the molecule is C=CCO.CC=O. The number of carbonyl (C=O) groups is 1. The smallest absolute Gasteiger partial charge is 0.116 e. The summed E-state index contributed by atoms with van der Waals surface area (Å²) in [7, 11) is 0. The molecule has 0 aromatic carbocycles. The summed E-state index contributed by atoms with van der Waals surface area (Å²) in [4.78, 5) is 8.81. The number of aldehydes is 1. The Morgan fingerprint density at radius 1 is 1.86 bits per heavy atom. The molecule has 0 amide bonds. The van der Waals surface area contributed by atoms with Crippen molar-refractivity contribution in [3.8, 4) is 0 Å². The molecule has 0 aliphatic carbocycles. The van der Waals surface area contributed by atoms with Crippen LogP contribution in [0, 0.1) is 0 Å². The van der Waals surface area contributed by atoms with E-state index in [-0.39, 0.29) is 6.61 Å². The van der Waals surface area contributed by atoms with Gasteiger partial charge < -0.3 is 9.90 Å². The van der Waals surface area contributed by atoms with Crippen LogP contribution in [0.5, 0.6) is 0 Å². The van der Waals surface area contributed by atoms with Crippen LogP contribution in [0.3, 0.4) is 0 Å². The first-order valence-corrected chi connectivity index (χ1v) is 1.95. The Hall–Kier alpha value is -0.630. The van der Waals surface area contributed by atoms with Gasteiger partial charge in [0.15, 0.2) is 0 Å². The number of rotatable bonds is 1. The van der Waals surface area contributed by atoms with E-state index in [1.54, 1.807) is 0 Å². The fourth-order valence-corrected chi connectivity index (χ4v) is 0. The Morgan fingerprint density at radius 3 is 2.00 bits per heavy atom. The second-order valence-corrected chi connectivity index (χ2v) is 0.707. The summed E-state index contributed by atoms with van der Waals surface area (Å²) < 4.78 is 0. The maximum absolute atomic E-state index is 8.81. The third-order valence-electron chi connectivity index (χ3n) is 0.129. The summed E-state index contributed by atoms with van der Waals surface area (Å²) in [5.41, 5.74) is 0. The summed E-state index contributed by atoms with van der Waals surface area (Å²) in [5, 5.41) is 7.76. The standard InChI is InChI=1S/C3H6O.C2H4O/c1-2-3-4;1-2-3/h2,4H,1,3H2;2H,1H3. The van der Waals surface area contributed by atoms with E-state index in [1.807, 2.05) is 0 Å². The number of carbonyl (C=O) groups excluding carboxylic acids is 1. The first-order valence-electron chi connectivity index (χ1n) is 1.95. The molecule has 0 saturated heterocycles. The van der Waals surface area contributed by atoms with E-state index in [9.17, 15) is 0 Å². The minimum atomic E-state index is 0.0833. The Bertz CT molecular complexity index is 41.3. The zero-order chi connectivity index (χ0) is 6.12. The summed E-state index contributed by atoms with van der Waals surface area (Å²) in [6.07, 6.45) is 2.18. The van der Waals surface area contributed by atoms with Crippen LogP contribution in [-0.4, -0.2) is 18.0 Å². The molecular weight excluding hydrogens is 92.1 g/mol. The number of hydrogen-bond acceptors (Lipinski definition) is 2. The molecule has 42 valence electrons. The second kappa shape index (κ2) is 18.3. The van der Waals surface area contributed by atoms with E-state index in [0.29, 0.717) is 0 Å². The predicted octanol–water partition coefficient (Wildman–Crippen LogP) is 0.370. The molecule has 0 aromatic heterocycles. The van der Waals surface area contributed by atoms with Crippen LogP contribution in [0.2, 0.25) is 0 Å². The molecule has 0 bridgehead atoms. The molecule has 7 heavy (non-hydrogen) atoms. The highest BCUT2D eigenvalue weighted by Crippen LogP contribution is 1.46. The van der Waals surface area contributed by atoms with E-state index < -0.39 is 0 Å². The van der Waals surface area contributed by atoms with Crippen LogP contribution in [0.25, 0.3) is 0 Å². The lowest BCUT2D eigenvalue weighted by atomic mass is 10.7.